The van der Waals surface area contributed by atoms with Gasteiger partial charge in [0.05, 0.1) is 0 Å². The monoisotopic (exact) mass is 322 g/mol. The van der Waals surface area contributed by atoms with E-state index in [9.17, 15) is 19.2 Å². The molecule has 11 heteroatoms. The highest BCUT2D eigenvalue weighted by Crippen LogP contribution is 1.93. The Hall–Kier alpha value is -2.40. The van der Waals surface area contributed by atoms with Crippen molar-refractivity contribution in [1.82, 2.24) is 5.32 Å². The van der Waals surface area contributed by atoms with Crippen LogP contribution in [0.4, 0.5) is 4.79 Å². The molecule has 0 saturated heterocycles. The number of rotatable bonds is 9. The predicted octanol–water partition coefficient (Wildman–Crippen LogP) is -1.89. The quantitative estimate of drug-likeness (QED) is 0.235. The molecule has 0 aromatic heterocycles. The highest BCUT2D eigenvalue weighted by Gasteiger charge is 2.12. The fourth-order valence-corrected chi connectivity index (χ4v) is 1.06. The summed E-state index contributed by atoms with van der Waals surface area (Å²) >= 11 is 0. The molecule has 2 amide bonds. The molecule has 0 bridgehead atoms. The Bertz CT molecular complexity index is 389. The number of nitrogens with two attached hydrogens (primary N) is 3. The molecule has 0 aromatic carbocycles. The molecule has 0 heterocycles. The number of hydrogen-bond donors (Lipinski definition) is 7. The molecule has 0 rings (SSSR count). The average Bonchev–Trinajstić information content (AvgIpc) is 2.40. The first-order valence-corrected chi connectivity index (χ1v) is 6.29. The summed E-state index contributed by atoms with van der Waals surface area (Å²) in [6.07, 6.45) is 0.615. The number of urea groups is 1. The fraction of sp³-hybridized carbons (Fsp3) is 0.636. The second kappa shape index (κ2) is 12.3. The fourth-order valence-electron chi connectivity index (χ4n) is 1.06. The Kier molecular flexibility index (Phi) is 12.3. The van der Waals surface area contributed by atoms with Crippen LogP contribution in [-0.2, 0) is 14.4 Å². The zero-order valence-electron chi connectivity index (χ0n) is 11.9. The van der Waals surface area contributed by atoms with E-state index in [1.165, 1.54) is 0 Å². The number of carboxylic acid groups (broad SMARTS) is 3. The molecule has 0 unspecified atom stereocenters. The minimum absolute atomic E-state index is 0.0231. The van der Waals surface area contributed by atoms with Gasteiger partial charge in [-0.3, -0.25) is 14.4 Å². The van der Waals surface area contributed by atoms with Crippen molar-refractivity contribution in [2.45, 2.75) is 37.8 Å². The van der Waals surface area contributed by atoms with Crippen molar-refractivity contribution in [3.8, 4) is 0 Å². The third-order valence-corrected chi connectivity index (χ3v) is 2.29. The summed E-state index contributed by atoms with van der Waals surface area (Å²) < 4.78 is 0. The number of carbonyl (C=O) groups is 4. The lowest BCUT2D eigenvalue weighted by Crippen LogP contribution is -2.33. The third-order valence-electron chi connectivity index (χ3n) is 2.29. The SMILES string of the molecule is NC(=O)NCCC[C@H](N)C(=O)O.N[C@@H](CCC(=O)O)C(=O)O. The van der Waals surface area contributed by atoms with E-state index in [1.807, 2.05) is 0 Å². The lowest BCUT2D eigenvalue weighted by molar-refractivity contribution is -0.140. The molecule has 0 fully saturated rings. The maximum absolute atomic E-state index is 10.2. The predicted molar refractivity (Wildman–Crippen MR) is 74.9 cm³/mol. The zero-order chi connectivity index (χ0) is 17.7. The minimum Gasteiger partial charge on any atom is -0.481 e. The van der Waals surface area contributed by atoms with Crippen molar-refractivity contribution in [2.24, 2.45) is 17.2 Å². The molecule has 2 atom stereocenters. The van der Waals surface area contributed by atoms with Gasteiger partial charge in [-0.05, 0) is 19.3 Å². The van der Waals surface area contributed by atoms with Crippen molar-refractivity contribution >= 4 is 23.9 Å². The van der Waals surface area contributed by atoms with Gasteiger partial charge in [0.1, 0.15) is 12.1 Å². The Morgan fingerprint density at radius 3 is 1.73 bits per heavy atom. The number of carboxylic acids is 3. The Balaban J connectivity index is 0. The summed E-state index contributed by atoms with van der Waals surface area (Å²) in [6.45, 7) is 0.357. The smallest absolute Gasteiger partial charge is 0.320 e. The molecule has 0 saturated carbocycles. The summed E-state index contributed by atoms with van der Waals surface area (Å²) in [5, 5.41) is 27.0. The molecule has 0 aromatic rings. The standard InChI is InChI=1S/C6H13N3O3.C5H9NO4/c7-4(5(10)11)2-1-3-9-6(8)12;6-3(5(9)10)1-2-4(7)8/h4H,1-3,7H2,(H,10,11)(H3,8,9,12);3H,1-2,6H2,(H,7,8)(H,9,10)/t4-;3-/m00/s1. The van der Waals surface area contributed by atoms with Crippen molar-refractivity contribution in [2.75, 3.05) is 6.54 Å². The van der Waals surface area contributed by atoms with Crippen molar-refractivity contribution in [3.05, 3.63) is 0 Å². The zero-order valence-corrected chi connectivity index (χ0v) is 11.9. The summed E-state index contributed by atoms with van der Waals surface area (Å²) in [4.78, 5) is 40.2. The van der Waals surface area contributed by atoms with E-state index in [4.69, 9.17) is 32.5 Å². The number of primary amides is 1. The van der Waals surface area contributed by atoms with E-state index in [1.54, 1.807) is 0 Å². The molecule has 0 aliphatic carbocycles. The second-order valence-corrected chi connectivity index (χ2v) is 4.26. The average molecular weight is 322 g/mol. The number of carbonyl (C=O) groups excluding carboxylic acids is 1. The summed E-state index contributed by atoms with van der Waals surface area (Å²) in [5.41, 5.74) is 15.0. The van der Waals surface area contributed by atoms with Gasteiger partial charge in [0.2, 0.25) is 0 Å². The highest BCUT2D eigenvalue weighted by molar-refractivity contribution is 5.74. The summed E-state index contributed by atoms with van der Waals surface area (Å²) in [7, 11) is 0. The molecule has 10 N–H and O–H groups in total. The van der Waals surface area contributed by atoms with E-state index in [-0.39, 0.29) is 12.8 Å². The van der Waals surface area contributed by atoms with E-state index < -0.39 is 36.0 Å². The lowest BCUT2D eigenvalue weighted by atomic mass is 10.2. The van der Waals surface area contributed by atoms with E-state index in [0.29, 0.717) is 19.4 Å². The van der Waals surface area contributed by atoms with Gasteiger partial charge in [0, 0.05) is 13.0 Å². The van der Waals surface area contributed by atoms with Gasteiger partial charge in [-0.15, -0.1) is 0 Å². The molecular weight excluding hydrogens is 300 g/mol. The summed E-state index contributed by atoms with van der Waals surface area (Å²) in [6, 6.07) is -2.53. The number of nitrogens with one attached hydrogen (secondary N) is 1. The first kappa shape index (κ1) is 21.9. The van der Waals surface area contributed by atoms with Gasteiger partial charge >= 0.3 is 23.9 Å². The molecule has 22 heavy (non-hydrogen) atoms. The van der Waals surface area contributed by atoms with Crippen LogP contribution in [0.3, 0.4) is 0 Å². The van der Waals surface area contributed by atoms with Crippen LogP contribution >= 0.6 is 0 Å². The van der Waals surface area contributed by atoms with Crippen LogP contribution in [0.5, 0.6) is 0 Å². The molecule has 0 spiro atoms. The highest BCUT2D eigenvalue weighted by atomic mass is 16.4. The number of aliphatic carboxylic acids is 3. The maximum Gasteiger partial charge on any atom is 0.320 e. The Morgan fingerprint density at radius 1 is 0.909 bits per heavy atom. The van der Waals surface area contributed by atoms with Gasteiger partial charge in [0.25, 0.3) is 0 Å². The Labute approximate surface area is 126 Å². The maximum atomic E-state index is 10.2. The van der Waals surface area contributed by atoms with Gasteiger partial charge in [-0.1, -0.05) is 0 Å². The van der Waals surface area contributed by atoms with Crippen LogP contribution < -0.4 is 22.5 Å². The lowest BCUT2D eigenvalue weighted by Gasteiger charge is -2.05. The largest absolute Gasteiger partial charge is 0.481 e. The van der Waals surface area contributed by atoms with Crippen LogP contribution in [0.2, 0.25) is 0 Å². The van der Waals surface area contributed by atoms with Gasteiger partial charge in [-0.25, -0.2) is 4.79 Å². The van der Waals surface area contributed by atoms with Crippen molar-refractivity contribution in [1.29, 1.82) is 0 Å². The van der Waals surface area contributed by atoms with E-state index in [2.05, 4.69) is 5.32 Å². The van der Waals surface area contributed by atoms with Gasteiger partial charge in [0.15, 0.2) is 0 Å². The first-order chi connectivity index (χ1) is 10.1. The summed E-state index contributed by atoms with van der Waals surface area (Å²) in [5.74, 6) is -3.23. The first-order valence-electron chi connectivity index (χ1n) is 6.29. The Morgan fingerprint density at radius 2 is 1.36 bits per heavy atom. The van der Waals surface area contributed by atoms with Crippen molar-refractivity contribution in [3.63, 3.8) is 0 Å². The number of amides is 2. The molecule has 11 nitrogen and oxygen atoms in total. The van der Waals surface area contributed by atoms with Crippen LogP contribution in [0.15, 0.2) is 0 Å². The molecule has 128 valence electrons. The molecule has 0 aliphatic rings. The van der Waals surface area contributed by atoms with Crippen LogP contribution in [0.1, 0.15) is 25.7 Å². The normalized spacial score (nSPS) is 12.3. The molecule has 0 radical (unpaired) electrons. The number of hydrogen-bond acceptors (Lipinski definition) is 6. The topological polar surface area (TPSA) is 219 Å². The minimum atomic E-state index is -1.17. The molecular formula is C11H22N4O7. The third kappa shape index (κ3) is 15.7. The van der Waals surface area contributed by atoms with Gasteiger partial charge in [-0.2, -0.15) is 0 Å². The van der Waals surface area contributed by atoms with E-state index in [0.717, 1.165) is 0 Å². The van der Waals surface area contributed by atoms with Crippen molar-refractivity contribution < 1.29 is 34.5 Å². The van der Waals surface area contributed by atoms with E-state index >= 15 is 0 Å². The van der Waals surface area contributed by atoms with Crippen LogP contribution in [0, 0.1) is 0 Å². The van der Waals surface area contributed by atoms with Crippen LogP contribution in [-0.4, -0.2) is 57.9 Å². The van der Waals surface area contributed by atoms with Gasteiger partial charge < -0.3 is 37.8 Å². The molecule has 0 aliphatic heterocycles. The second-order valence-electron chi connectivity index (χ2n) is 4.26. The van der Waals surface area contributed by atoms with Crippen LogP contribution in [0.25, 0.3) is 0 Å².